The second-order valence-electron chi connectivity index (χ2n) is 8.28. The maximum Gasteiger partial charge on any atom is 0.240 e. The van der Waals surface area contributed by atoms with E-state index in [1.807, 2.05) is 35.2 Å². The van der Waals surface area contributed by atoms with Crippen molar-refractivity contribution < 1.29 is 18.0 Å². The second-order valence-corrected chi connectivity index (χ2v) is 9.99. The van der Waals surface area contributed by atoms with Crippen LogP contribution < -0.4 is 15.4 Å². The Labute approximate surface area is 188 Å². The lowest BCUT2D eigenvalue weighted by atomic mass is 10.0. The fourth-order valence-corrected chi connectivity index (χ4v) is 5.66. The van der Waals surface area contributed by atoms with E-state index in [1.54, 1.807) is 30.3 Å². The molecule has 3 atom stereocenters. The van der Waals surface area contributed by atoms with Crippen LogP contribution in [0, 0.1) is 0 Å². The molecule has 2 amide bonds. The standard InChI is InChI=1S/C23H28N4O4S/c28-22(24-14-17-7-3-1-4-8-17)12-11-19-15-25-23(29)21-13-18(16-27(19)21)26-32(30,31)20-9-5-2-6-10-20/h1-10,18-19,21,26H,11-16H2,(H,24,28)(H,25,29)/t18-,19+,21-/m0/s1. The molecule has 2 aromatic rings. The molecule has 2 aliphatic heterocycles. The molecule has 0 aliphatic carbocycles. The summed E-state index contributed by atoms with van der Waals surface area (Å²) in [4.78, 5) is 27.0. The highest BCUT2D eigenvalue weighted by Crippen LogP contribution is 2.26. The minimum atomic E-state index is -3.65. The molecule has 170 valence electrons. The van der Waals surface area contributed by atoms with E-state index in [9.17, 15) is 18.0 Å². The van der Waals surface area contributed by atoms with Gasteiger partial charge in [0.1, 0.15) is 0 Å². The zero-order chi connectivity index (χ0) is 22.6. The van der Waals surface area contributed by atoms with E-state index in [1.165, 1.54) is 0 Å². The number of nitrogens with zero attached hydrogens (tertiary/aromatic N) is 1. The van der Waals surface area contributed by atoms with E-state index < -0.39 is 10.0 Å². The van der Waals surface area contributed by atoms with Gasteiger partial charge in [-0.2, -0.15) is 0 Å². The molecule has 8 nitrogen and oxygen atoms in total. The van der Waals surface area contributed by atoms with E-state index in [0.29, 0.717) is 38.9 Å². The van der Waals surface area contributed by atoms with Crippen molar-refractivity contribution in [2.45, 2.75) is 48.8 Å². The molecular weight excluding hydrogens is 428 g/mol. The molecule has 0 saturated carbocycles. The Morgan fingerprint density at radius 1 is 1.06 bits per heavy atom. The summed E-state index contributed by atoms with van der Waals surface area (Å²) in [5.41, 5.74) is 1.04. The second kappa shape index (κ2) is 9.81. The Bertz CT molecular complexity index is 1050. The molecule has 0 bridgehead atoms. The van der Waals surface area contributed by atoms with Gasteiger partial charge in [-0.15, -0.1) is 0 Å². The van der Waals surface area contributed by atoms with Crippen molar-refractivity contribution in [3.8, 4) is 0 Å². The van der Waals surface area contributed by atoms with Crippen molar-refractivity contribution >= 4 is 21.8 Å². The Morgan fingerprint density at radius 3 is 2.47 bits per heavy atom. The first-order chi connectivity index (χ1) is 15.4. The minimum Gasteiger partial charge on any atom is -0.353 e. The molecule has 32 heavy (non-hydrogen) atoms. The van der Waals surface area contributed by atoms with Crippen molar-refractivity contribution in [2.24, 2.45) is 0 Å². The Balaban J connectivity index is 1.32. The maximum absolute atomic E-state index is 12.7. The van der Waals surface area contributed by atoms with Crippen LogP contribution in [-0.2, 0) is 26.2 Å². The quantitative estimate of drug-likeness (QED) is 0.549. The fraction of sp³-hybridized carbons (Fsp3) is 0.391. The summed E-state index contributed by atoms with van der Waals surface area (Å²) in [7, 11) is -3.65. The van der Waals surface area contributed by atoms with Crippen molar-refractivity contribution in [3.05, 3.63) is 66.2 Å². The molecule has 0 aromatic heterocycles. The van der Waals surface area contributed by atoms with E-state index >= 15 is 0 Å². The zero-order valence-corrected chi connectivity index (χ0v) is 18.6. The van der Waals surface area contributed by atoms with Crippen LogP contribution in [0.1, 0.15) is 24.8 Å². The van der Waals surface area contributed by atoms with E-state index in [0.717, 1.165) is 5.56 Å². The largest absolute Gasteiger partial charge is 0.353 e. The van der Waals surface area contributed by atoms with Crippen molar-refractivity contribution in [1.29, 1.82) is 0 Å². The highest BCUT2D eigenvalue weighted by Gasteiger charge is 2.44. The third kappa shape index (κ3) is 5.35. The van der Waals surface area contributed by atoms with Gasteiger partial charge in [0.05, 0.1) is 10.9 Å². The van der Waals surface area contributed by atoms with E-state index in [-0.39, 0.29) is 34.8 Å². The number of carbonyl (C=O) groups is 2. The summed E-state index contributed by atoms with van der Waals surface area (Å²) >= 11 is 0. The van der Waals surface area contributed by atoms with Crippen molar-refractivity contribution in [1.82, 2.24) is 20.3 Å². The summed E-state index contributed by atoms with van der Waals surface area (Å²) in [6, 6.07) is 17.2. The Morgan fingerprint density at radius 2 is 1.75 bits per heavy atom. The Kier molecular flexibility index (Phi) is 6.88. The van der Waals surface area contributed by atoms with Gasteiger partial charge in [-0.1, -0.05) is 48.5 Å². The van der Waals surface area contributed by atoms with Crippen molar-refractivity contribution in [2.75, 3.05) is 13.1 Å². The van der Waals surface area contributed by atoms with Crippen LogP contribution in [0.3, 0.4) is 0 Å². The van der Waals surface area contributed by atoms with Gasteiger partial charge < -0.3 is 10.6 Å². The smallest absolute Gasteiger partial charge is 0.240 e. The van der Waals surface area contributed by atoms with Crippen LogP contribution in [0.4, 0.5) is 0 Å². The molecular formula is C23H28N4O4S. The average molecular weight is 457 g/mol. The van der Waals surface area contributed by atoms with Gasteiger partial charge >= 0.3 is 0 Å². The normalized spacial score (nSPS) is 23.4. The number of piperazine rings is 1. The van der Waals surface area contributed by atoms with E-state index in [4.69, 9.17) is 0 Å². The predicted octanol–water partition coefficient (Wildman–Crippen LogP) is 1.00. The van der Waals surface area contributed by atoms with Gasteiger partial charge in [0.2, 0.25) is 21.8 Å². The number of fused-ring (bicyclic) bond motifs is 1. The number of nitrogens with one attached hydrogen (secondary N) is 3. The summed E-state index contributed by atoms with van der Waals surface area (Å²) in [6.45, 7) is 1.39. The lowest BCUT2D eigenvalue weighted by molar-refractivity contribution is -0.129. The summed E-state index contributed by atoms with van der Waals surface area (Å²) < 4.78 is 28.1. The lowest BCUT2D eigenvalue weighted by Gasteiger charge is -2.37. The summed E-state index contributed by atoms with van der Waals surface area (Å²) in [6.07, 6.45) is 1.35. The van der Waals surface area contributed by atoms with Gasteiger partial charge in [0.25, 0.3) is 0 Å². The molecule has 0 spiro atoms. The monoisotopic (exact) mass is 456 g/mol. The molecule has 2 heterocycles. The van der Waals surface area contributed by atoms with Crippen LogP contribution in [0.15, 0.2) is 65.6 Å². The van der Waals surface area contributed by atoms with Crippen LogP contribution >= 0.6 is 0 Å². The SMILES string of the molecule is O=C(CC[C@@H]1CNC(=O)[C@@H]2C[C@H](NS(=O)(=O)c3ccccc3)CN12)NCc1ccccc1. The first-order valence-corrected chi connectivity index (χ1v) is 12.3. The molecule has 4 rings (SSSR count). The van der Waals surface area contributed by atoms with E-state index in [2.05, 4.69) is 15.4 Å². The van der Waals surface area contributed by atoms with Crippen LogP contribution in [0.5, 0.6) is 0 Å². The average Bonchev–Trinajstić information content (AvgIpc) is 3.22. The number of rotatable bonds is 8. The zero-order valence-electron chi connectivity index (χ0n) is 17.7. The molecule has 9 heteroatoms. The third-order valence-electron chi connectivity index (χ3n) is 6.04. The van der Waals surface area contributed by atoms with Gasteiger partial charge in [-0.3, -0.25) is 14.5 Å². The maximum atomic E-state index is 12.7. The molecule has 2 saturated heterocycles. The molecule has 0 unspecified atom stereocenters. The van der Waals surface area contributed by atoms with Gasteiger partial charge in [-0.25, -0.2) is 13.1 Å². The first-order valence-electron chi connectivity index (χ1n) is 10.8. The summed E-state index contributed by atoms with van der Waals surface area (Å²) in [5.74, 6) is -0.126. The predicted molar refractivity (Wildman–Crippen MR) is 120 cm³/mol. The highest BCUT2D eigenvalue weighted by atomic mass is 32.2. The number of sulfonamides is 1. The van der Waals surface area contributed by atoms with Gasteiger partial charge in [0, 0.05) is 38.1 Å². The number of hydrogen-bond donors (Lipinski definition) is 3. The van der Waals surface area contributed by atoms with Gasteiger partial charge in [0.15, 0.2) is 0 Å². The fourth-order valence-electron chi connectivity index (χ4n) is 4.40. The van der Waals surface area contributed by atoms with Crippen LogP contribution in [-0.4, -0.2) is 56.3 Å². The highest BCUT2D eigenvalue weighted by molar-refractivity contribution is 7.89. The first kappa shape index (κ1) is 22.4. The number of hydrogen-bond acceptors (Lipinski definition) is 5. The minimum absolute atomic E-state index is 0.00796. The summed E-state index contributed by atoms with van der Waals surface area (Å²) in [5, 5.41) is 5.84. The number of amides is 2. The third-order valence-corrected chi connectivity index (χ3v) is 7.57. The molecule has 2 aliphatic rings. The molecule has 0 radical (unpaired) electrons. The molecule has 2 aromatic carbocycles. The molecule has 3 N–H and O–H groups in total. The lowest BCUT2D eigenvalue weighted by Crippen LogP contribution is -2.58. The van der Waals surface area contributed by atoms with Crippen LogP contribution in [0.25, 0.3) is 0 Å². The Hall–Kier alpha value is -2.75. The topological polar surface area (TPSA) is 108 Å². The van der Waals surface area contributed by atoms with Gasteiger partial charge in [-0.05, 0) is 30.5 Å². The number of benzene rings is 2. The molecule has 2 fully saturated rings. The number of carbonyl (C=O) groups excluding carboxylic acids is 2. The van der Waals surface area contributed by atoms with Crippen molar-refractivity contribution in [3.63, 3.8) is 0 Å². The van der Waals surface area contributed by atoms with Crippen LogP contribution in [0.2, 0.25) is 0 Å².